The Kier molecular flexibility index (Phi) is 11.6. The zero-order chi connectivity index (χ0) is 31.0. The molecule has 0 aliphatic carbocycles. The fraction of sp³-hybridized carbons (Fsp3) is 0.375. The summed E-state index contributed by atoms with van der Waals surface area (Å²) in [5.74, 6) is 0.00600. The minimum absolute atomic E-state index is 0.0225. The first-order valence-corrected chi connectivity index (χ1v) is 16.3. The molecule has 0 amide bonds. The van der Waals surface area contributed by atoms with Gasteiger partial charge in [0.25, 0.3) is 0 Å². The van der Waals surface area contributed by atoms with Gasteiger partial charge in [-0.25, -0.2) is 21.7 Å². The number of nitrogens with one attached hydrogen (secondary N) is 1. The molecule has 0 saturated heterocycles. The van der Waals surface area contributed by atoms with E-state index in [1.54, 1.807) is 64.3 Å². The number of hydrogen-bond donors (Lipinski definition) is 1. The Morgan fingerprint density at radius 3 is 2.19 bits per heavy atom. The average Bonchev–Trinajstić information content (AvgIpc) is 2.96. The van der Waals surface area contributed by atoms with Gasteiger partial charge in [0.15, 0.2) is 5.44 Å². The van der Waals surface area contributed by atoms with E-state index in [0.717, 1.165) is 11.1 Å². The monoisotopic (exact) mass is 616 g/mol. The number of allylic oxidation sites excluding steroid dienone is 1. The predicted molar refractivity (Wildman–Crippen MR) is 167 cm³/mol. The minimum atomic E-state index is -4.35. The molecule has 2 unspecified atom stereocenters. The summed E-state index contributed by atoms with van der Waals surface area (Å²) < 4.78 is 73.7. The van der Waals surface area contributed by atoms with Crippen LogP contribution in [0.2, 0.25) is 0 Å². The topological polar surface area (TPSA) is 84.9 Å². The summed E-state index contributed by atoms with van der Waals surface area (Å²) in [5, 5.41) is 0. The Hall–Kier alpha value is -2.89. The van der Waals surface area contributed by atoms with Gasteiger partial charge in [-0.05, 0) is 62.9 Å². The number of sulfonamides is 1. The molecule has 0 aromatic heterocycles. The molecule has 3 aromatic carbocycles. The molecule has 0 spiro atoms. The maximum Gasteiger partial charge on any atom is 0.243 e. The van der Waals surface area contributed by atoms with Crippen molar-refractivity contribution in [2.75, 3.05) is 14.2 Å². The second kappa shape index (κ2) is 14.5. The second-order valence-corrected chi connectivity index (χ2v) is 15.1. The van der Waals surface area contributed by atoms with Gasteiger partial charge in [0.05, 0.1) is 29.4 Å². The smallest absolute Gasteiger partial charge is 0.243 e. The van der Waals surface area contributed by atoms with Gasteiger partial charge in [0.1, 0.15) is 17.1 Å². The number of ether oxygens (including phenoxy) is 2. The molecular weight excluding hydrogens is 575 g/mol. The number of methoxy groups -OCH3 is 1. The Morgan fingerprint density at radius 1 is 1.00 bits per heavy atom. The maximum absolute atomic E-state index is 15.7. The summed E-state index contributed by atoms with van der Waals surface area (Å²) in [6.07, 6.45) is 1.97. The molecule has 42 heavy (non-hydrogen) atoms. The quantitative estimate of drug-likeness (QED) is 0.210. The molecule has 0 radical (unpaired) electrons. The number of nitrogens with zero attached hydrogens (tertiary/aromatic N) is 1. The van der Waals surface area contributed by atoms with Gasteiger partial charge in [-0.1, -0.05) is 66.7 Å². The molecule has 10 heteroatoms. The fourth-order valence-corrected chi connectivity index (χ4v) is 7.21. The highest BCUT2D eigenvalue weighted by Gasteiger charge is 2.52. The van der Waals surface area contributed by atoms with Crippen molar-refractivity contribution in [2.45, 2.75) is 62.5 Å². The van der Waals surface area contributed by atoms with Crippen LogP contribution < -0.4 is 9.46 Å². The van der Waals surface area contributed by atoms with Gasteiger partial charge in [-0.3, -0.25) is 0 Å². The van der Waals surface area contributed by atoms with Gasteiger partial charge in [0, 0.05) is 19.2 Å². The van der Waals surface area contributed by atoms with E-state index in [-0.39, 0.29) is 25.1 Å². The molecule has 228 valence electrons. The molecule has 1 N–H and O–H groups in total. The molecule has 0 saturated carbocycles. The van der Waals surface area contributed by atoms with Crippen LogP contribution in [0.4, 0.5) is 4.39 Å². The first-order valence-electron chi connectivity index (χ1n) is 13.6. The van der Waals surface area contributed by atoms with Crippen LogP contribution in [0.25, 0.3) is 0 Å². The minimum Gasteiger partial charge on any atom is -0.497 e. The van der Waals surface area contributed by atoms with Crippen molar-refractivity contribution >= 4 is 21.0 Å². The highest BCUT2D eigenvalue weighted by atomic mass is 32.2. The number of benzene rings is 3. The van der Waals surface area contributed by atoms with Crippen LogP contribution in [-0.4, -0.2) is 41.3 Å². The maximum atomic E-state index is 15.7. The molecule has 3 atom stereocenters. The fourth-order valence-electron chi connectivity index (χ4n) is 4.47. The molecule has 7 nitrogen and oxygen atoms in total. The summed E-state index contributed by atoms with van der Waals surface area (Å²) >= 11 is 0. The van der Waals surface area contributed by atoms with E-state index in [1.165, 1.54) is 29.6 Å². The SMILES string of the molecule is C=CCC[C@@](NS(=O)C(C)(C)C)(c1ccccc1F)C(OCc1ccccc1)S(=O)(=O)N(C)Cc1ccc(OC)cc1. The van der Waals surface area contributed by atoms with Crippen LogP contribution in [0.1, 0.15) is 50.3 Å². The molecule has 3 aromatic rings. The first kappa shape index (κ1) is 33.6. The van der Waals surface area contributed by atoms with E-state index in [1.807, 2.05) is 30.3 Å². The lowest BCUT2D eigenvalue weighted by atomic mass is 9.86. The van der Waals surface area contributed by atoms with Gasteiger partial charge in [-0.15, -0.1) is 6.58 Å². The number of rotatable bonds is 15. The van der Waals surface area contributed by atoms with E-state index in [4.69, 9.17) is 9.47 Å². The van der Waals surface area contributed by atoms with Crippen LogP contribution in [0.15, 0.2) is 91.5 Å². The van der Waals surface area contributed by atoms with Crippen LogP contribution >= 0.6 is 0 Å². The van der Waals surface area contributed by atoms with E-state index < -0.39 is 42.5 Å². The Balaban J connectivity index is 2.22. The standard InChI is InChI=1S/C32H41FN2O5S2/c1-7-8-22-32(34-41(36)31(2,3)4,28-16-12-13-17-29(28)33)30(40-24-26-14-10-9-11-15-26)42(37,38)35(5)23-25-18-20-27(39-6)21-19-25/h7,9-21,30,34H,1,8,22-24H2,2-6H3/t30?,32-,41?/m1/s1. The molecule has 0 heterocycles. The van der Waals surface area contributed by atoms with Crippen LogP contribution in [0, 0.1) is 5.82 Å². The van der Waals surface area contributed by atoms with E-state index >= 15 is 4.39 Å². The molecule has 3 rings (SSSR count). The summed E-state index contributed by atoms with van der Waals surface area (Å²) in [6, 6.07) is 22.1. The third-order valence-corrected chi connectivity index (χ3v) is 10.6. The molecule has 0 fully saturated rings. The summed E-state index contributed by atoms with van der Waals surface area (Å²) in [6.45, 7) is 9.06. The highest BCUT2D eigenvalue weighted by molar-refractivity contribution is 7.89. The lowest BCUT2D eigenvalue weighted by Gasteiger charge is -2.43. The van der Waals surface area contributed by atoms with E-state index in [9.17, 15) is 12.6 Å². The van der Waals surface area contributed by atoms with Crippen molar-refractivity contribution in [1.82, 2.24) is 9.03 Å². The molecule has 0 aliphatic rings. The molecular formula is C32H41FN2O5S2. The van der Waals surface area contributed by atoms with Gasteiger partial charge in [0.2, 0.25) is 10.0 Å². The molecule has 0 aliphatic heterocycles. The van der Waals surface area contributed by atoms with Gasteiger partial charge < -0.3 is 9.47 Å². The molecule has 0 bridgehead atoms. The largest absolute Gasteiger partial charge is 0.497 e. The third-order valence-electron chi connectivity index (χ3n) is 6.84. The van der Waals surface area contributed by atoms with Gasteiger partial charge >= 0.3 is 0 Å². The van der Waals surface area contributed by atoms with Crippen molar-refractivity contribution in [3.8, 4) is 5.75 Å². The van der Waals surface area contributed by atoms with E-state index in [0.29, 0.717) is 12.2 Å². The zero-order valence-electron chi connectivity index (χ0n) is 24.9. The van der Waals surface area contributed by atoms with E-state index in [2.05, 4.69) is 11.3 Å². The van der Waals surface area contributed by atoms with Crippen molar-refractivity contribution in [2.24, 2.45) is 0 Å². The Morgan fingerprint density at radius 2 is 1.62 bits per heavy atom. The Labute approximate surface area is 252 Å². The highest BCUT2D eigenvalue weighted by Crippen LogP contribution is 2.40. The van der Waals surface area contributed by atoms with Crippen molar-refractivity contribution < 1.29 is 26.5 Å². The van der Waals surface area contributed by atoms with Crippen LogP contribution in [0.5, 0.6) is 5.75 Å². The third kappa shape index (κ3) is 8.14. The zero-order valence-corrected chi connectivity index (χ0v) is 26.5. The first-order chi connectivity index (χ1) is 19.8. The van der Waals surface area contributed by atoms with Crippen molar-refractivity contribution in [3.63, 3.8) is 0 Å². The predicted octanol–water partition coefficient (Wildman–Crippen LogP) is 6.05. The second-order valence-electron chi connectivity index (χ2n) is 11.0. The van der Waals surface area contributed by atoms with Crippen molar-refractivity contribution in [1.29, 1.82) is 0 Å². The summed E-state index contributed by atoms with van der Waals surface area (Å²) in [7, 11) is -3.14. The normalized spacial score (nSPS) is 15.1. The lowest BCUT2D eigenvalue weighted by molar-refractivity contribution is 0.0243. The number of hydrogen-bond acceptors (Lipinski definition) is 5. The van der Waals surface area contributed by atoms with Crippen molar-refractivity contribution in [3.05, 3.63) is 114 Å². The summed E-state index contributed by atoms with van der Waals surface area (Å²) in [5.41, 5.74) is -1.92. The van der Waals surface area contributed by atoms with Crippen LogP contribution in [0.3, 0.4) is 0 Å². The Bertz CT molecular complexity index is 1440. The average molecular weight is 617 g/mol. The summed E-state index contributed by atoms with van der Waals surface area (Å²) in [4.78, 5) is 0. The number of halogens is 1. The van der Waals surface area contributed by atoms with Crippen LogP contribution in [-0.2, 0) is 44.4 Å². The lowest BCUT2D eigenvalue weighted by Crippen LogP contribution is -2.60. The van der Waals surface area contributed by atoms with Gasteiger partial charge in [-0.2, -0.15) is 4.31 Å².